The maximum Gasteiger partial charge on any atom is 0.410 e. The van der Waals surface area contributed by atoms with Crippen molar-refractivity contribution in [3.63, 3.8) is 0 Å². The molecule has 2 N–H and O–H groups in total. The van der Waals surface area contributed by atoms with Gasteiger partial charge in [-0.05, 0) is 46.1 Å². The summed E-state index contributed by atoms with van der Waals surface area (Å²) in [7, 11) is 0. The van der Waals surface area contributed by atoms with Gasteiger partial charge in [0.25, 0.3) is 0 Å². The summed E-state index contributed by atoms with van der Waals surface area (Å²) in [6.45, 7) is 20.4. The maximum absolute atomic E-state index is 11.4. The fraction of sp³-hybridized carbons (Fsp3) is 0.941. The molecule has 0 atom stereocenters. The fourth-order valence-electron chi connectivity index (χ4n) is 1.23. The highest BCUT2D eigenvalue weighted by molar-refractivity contribution is 5.68. The lowest BCUT2D eigenvalue weighted by molar-refractivity contribution is 0.0295. The van der Waals surface area contributed by atoms with Crippen molar-refractivity contribution in [2.45, 2.75) is 80.8 Å². The molecular formula is C17H40N2O2. The summed E-state index contributed by atoms with van der Waals surface area (Å²) >= 11 is 0. The summed E-state index contributed by atoms with van der Waals surface area (Å²) in [5.41, 5.74) is 4.81. The largest absolute Gasteiger partial charge is 0.444 e. The summed E-state index contributed by atoms with van der Waals surface area (Å²) in [5.74, 6) is 0.662. The van der Waals surface area contributed by atoms with Crippen molar-refractivity contribution in [2.75, 3.05) is 19.6 Å². The number of hydrogen-bond donors (Lipinski definition) is 1. The van der Waals surface area contributed by atoms with Crippen LogP contribution < -0.4 is 5.73 Å². The molecule has 1 aliphatic rings. The molecule has 1 saturated heterocycles. The number of amides is 1. The zero-order valence-corrected chi connectivity index (χ0v) is 16.0. The van der Waals surface area contributed by atoms with Crippen LogP contribution in [0.4, 0.5) is 4.79 Å². The van der Waals surface area contributed by atoms with Gasteiger partial charge in [0.15, 0.2) is 0 Å². The van der Waals surface area contributed by atoms with Gasteiger partial charge in [-0.2, -0.15) is 0 Å². The van der Waals surface area contributed by atoms with Gasteiger partial charge >= 0.3 is 6.09 Å². The smallest absolute Gasteiger partial charge is 0.410 e. The van der Waals surface area contributed by atoms with E-state index in [2.05, 4.69) is 13.8 Å². The minimum Gasteiger partial charge on any atom is -0.444 e. The van der Waals surface area contributed by atoms with Crippen LogP contribution in [-0.2, 0) is 4.74 Å². The zero-order valence-electron chi connectivity index (χ0n) is 16.0. The Kier molecular flexibility index (Phi) is 18.7. The van der Waals surface area contributed by atoms with Crippen LogP contribution in [0.2, 0.25) is 0 Å². The van der Waals surface area contributed by atoms with E-state index >= 15 is 0 Å². The highest BCUT2D eigenvalue weighted by Crippen LogP contribution is 2.14. The number of carbonyl (C=O) groups excluding carboxylic acids is 1. The molecule has 1 aliphatic heterocycles. The maximum atomic E-state index is 11.4. The van der Waals surface area contributed by atoms with Crippen LogP contribution in [0.25, 0.3) is 0 Å². The molecule has 1 fully saturated rings. The number of rotatable bonds is 1. The Bertz CT molecular complexity index is 217. The SMILES string of the molecule is CC.CC.CC(C)(C)OC(=O)N1CCCC1.CC(C)CN. The van der Waals surface area contributed by atoms with E-state index in [0.717, 1.165) is 32.5 Å². The Hall–Kier alpha value is -0.770. The number of hydrogen-bond acceptors (Lipinski definition) is 3. The van der Waals surface area contributed by atoms with Gasteiger partial charge in [-0.25, -0.2) is 4.79 Å². The number of carbonyl (C=O) groups is 1. The predicted octanol–water partition coefficient (Wildman–Crippen LogP) is 4.67. The van der Waals surface area contributed by atoms with Crippen molar-refractivity contribution in [1.82, 2.24) is 4.90 Å². The van der Waals surface area contributed by atoms with Crippen molar-refractivity contribution in [1.29, 1.82) is 0 Å². The molecular weight excluding hydrogens is 264 g/mol. The summed E-state index contributed by atoms with van der Waals surface area (Å²) < 4.78 is 5.21. The van der Waals surface area contributed by atoms with Gasteiger partial charge in [-0.3, -0.25) is 0 Å². The highest BCUT2D eigenvalue weighted by atomic mass is 16.6. The topological polar surface area (TPSA) is 55.6 Å². The Morgan fingerprint density at radius 3 is 1.67 bits per heavy atom. The number of likely N-dealkylation sites (tertiary alicyclic amines) is 1. The molecule has 0 spiro atoms. The van der Waals surface area contributed by atoms with Crippen LogP contribution in [0.15, 0.2) is 0 Å². The number of ether oxygens (including phenoxy) is 1. The molecule has 0 aliphatic carbocycles. The van der Waals surface area contributed by atoms with E-state index in [9.17, 15) is 4.79 Å². The lowest BCUT2D eigenvalue weighted by atomic mass is 10.2. The molecule has 0 aromatic rings. The quantitative estimate of drug-likeness (QED) is 0.765. The highest BCUT2D eigenvalue weighted by Gasteiger charge is 2.23. The molecule has 0 aromatic carbocycles. The van der Waals surface area contributed by atoms with E-state index in [1.165, 1.54) is 0 Å². The van der Waals surface area contributed by atoms with Gasteiger partial charge in [0, 0.05) is 13.1 Å². The Morgan fingerprint density at radius 2 is 1.43 bits per heavy atom. The molecule has 4 nitrogen and oxygen atoms in total. The summed E-state index contributed by atoms with van der Waals surface area (Å²) in [6, 6.07) is 0. The summed E-state index contributed by atoms with van der Waals surface area (Å²) in [5, 5.41) is 0. The van der Waals surface area contributed by atoms with Crippen molar-refractivity contribution in [3.05, 3.63) is 0 Å². The Morgan fingerprint density at radius 1 is 1.10 bits per heavy atom. The zero-order chi connectivity index (χ0) is 17.5. The second-order valence-corrected chi connectivity index (χ2v) is 5.80. The second-order valence-electron chi connectivity index (χ2n) is 5.80. The van der Waals surface area contributed by atoms with Gasteiger partial charge < -0.3 is 15.4 Å². The van der Waals surface area contributed by atoms with E-state index in [1.54, 1.807) is 4.90 Å². The molecule has 0 unspecified atom stereocenters. The predicted molar refractivity (Wildman–Crippen MR) is 93.6 cm³/mol. The third-order valence-electron chi connectivity index (χ3n) is 2.23. The molecule has 0 radical (unpaired) electrons. The third-order valence-corrected chi connectivity index (χ3v) is 2.23. The third kappa shape index (κ3) is 19.2. The fourth-order valence-corrected chi connectivity index (χ4v) is 1.23. The number of nitrogens with two attached hydrogens (primary N) is 1. The van der Waals surface area contributed by atoms with Gasteiger partial charge in [0.1, 0.15) is 5.60 Å². The average Bonchev–Trinajstić information content (AvgIpc) is 2.96. The van der Waals surface area contributed by atoms with Crippen molar-refractivity contribution >= 4 is 6.09 Å². The van der Waals surface area contributed by atoms with Crippen LogP contribution >= 0.6 is 0 Å². The van der Waals surface area contributed by atoms with Crippen LogP contribution in [-0.4, -0.2) is 36.2 Å². The van der Waals surface area contributed by atoms with Crippen molar-refractivity contribution in [2.24, 2.45) is 11.7 Å². The second kappa shape index (κ2) is 15.6. The van der Waals surface area contributed by atoms with E-state index in [4.69, 9.17) is 10.5 Å². The minimum atomic E-state index is -0.361. The van der Waals surface area contributed by atoms with E-state index in [1.807, 2.05) is 48.5 Å². The molecule has 0 saturated carbocycles. The first-order valence-electron chi connectivity index (χ1n) is 8.44. The monoisotopic (exact) mass is 304 g/mol. The first kappa shape index (κ1) is 25.2. The standard InChI is InChI=1S/C9H17NO2.C4H11N.2C2H6/c1-9(2,3)12-8(11)10-6-4-5-7-10;1-4(2)3-5;2*1-2/h4-7H2,1-3H3;4H,3,5H2,1-2H3;2*1-2H3. The van der Waals surface area contributed by atoms with Gasteiger partial charge in [-0.1, -0.05) is 41.5 Å². The Balaban J connectivity index is -0.000000304. The lowest BCUT2D eigenvalue weighted by Gasteiger charge is -2.23. The number of nitrogens with zero attached hydrogens (tertiary/aromatic N) is 1. The van der Waals surface area contributed by atoms with E-state index in [-0.39, 0.29) is 11.7 Å². The molecule has 0 bridgehead atoms. The molecule has 1 rings (SSSR count). The van der Waals surface area contributed by atoms with E-state index < -0.39 is 0 Å². The first-order valence-corrected chi connectivity index (χ1v) is 8.44. The van der Waals surface area contributed by atoms with Gasteiger partial charge in [-0.15, -0.1) is 0 Å². The Labute approximate surface area is 133 Å². The van der Waals surface area contributed by atoms with Gasteiger partial charge in [0.2, 0.25) is 0 Å². The minimum absolute atomic E-state index is 0.167. The molecule has 21 heavy (non-hydrogen) atoms. The molecule has 1 amide bonds. The van der Waals surface area contributed by atoms with Crippen LogP contribution in [0.3, 0.4) is 0 Å². The van der Waals surface area contributed by atoms with E-state index in [0.29, 0.717) is 5.92 Å². The van der Waals surface area contributed by atoms with Gasteiger partial charge in [0.05, 0.1) is 0 Å². The molecule has 130 valence electrons. The average molecular weight is 305 g/mol. The van der Waals surface area contributed by atoms with Crippen LogP contribution in [0.1, 0.15) is 75.2 Å². The molecule has 1 heterocycles. The van der Waals surface area contributed by atoms with Crippen molar-refractivity contribution in [3.8, 4) is 0 Å². The summed E-state index contributed by atoms with van der Waals surface area (Å²) in [4.78, 5) is 13.1. The molecule has 0 aromatic heterocycles. The first-order chi connectivity index (χ1) is 9.76. The van der Waals surface area contributed by atoms with Crippen LogP contribution in [0.5, 0.6) is 0 Å². The molecule has 4 heteroatoms. The van der Waals surface area contributed by atoms with Crippen molar-refractivity contribution < 1.29 is 9.53 Å². The van der Waals surface area contributed by atoms with Crippen LogP contribution in [0, 0.1) is 5.92 Å². The normalized spacial score (nSPS) is 13.2. The summed E-state index contributed by atoms with van der Waals surface area (Å²) in [6.07, 6.45) is 2.05. The lowest BCUT2D eigenvalue weighted by Crippen LogP contribution is -2.34.